The molecule has 2 unspecified atom stereocenters. The van der Waals surface area contributed by atoms with Crippen LogP contribution in [0.3, 0.4) is 0 Å². The van der Waals surface area contributed by atoms with Crippen LogP contribution in [0.25, 0.3) is 0 Å². The van der Waals surface area contributed by atoms with Crippen LogP contribution in [0.5, 0.6) is 0 Å². The number of nitrogens with two attached hydrogens (primary N) is 1. The molecule has 19 heavy (non-hydrogen) atoms. The number of carbonyl (C=O) groups is 1. The standard InChI is InChI=1S/C15H22N2O.ClH/c1-11-5-4-7-13(9-11)17-15(18)10-12-6-2-3-8-14(12)16;/h4-5,7,9,12,14H,2-3,6,8,10,16H2,1H3,(H,17,18);1H. The summed E-state index contributed by atoms with van der Waals surface area (Å²) in [5, 5.41) is 2.96. The van der Waals surface area contributed by atoms with Crippen LogP contribution >= 0.6 is 12.4 Å². The number of carbonyl (C=O) groups excluding carboxylic acids is 1. The van der Waals surface area contributed by atoms with Gasteiger partial charge in [0, 0.05) is 18.2 Å². The minimum absolute atomic E-state index is 0. The number of halogens is 1. The smallest absolute Gasteiger partial charge is 0.224 e. The lowest BCUT2D eigenvalue weighted by atomic mass is 9.83. The second-order valence-corrected chi connectivity index (χ2v) is 5.33. The van der Waals surface area contributed by atoms with E-state index in [4.69, 9.17) is 5.73 Å². The first-order valence-corrected chi connectivity index (χ1v) is 6.77. The number of benzene rings is 1. The van der Waals surface area contributed by atoms with Crippen molar-refractivity contribution in [2.75, 3.05) is 5.32 Å². The Bertz CT molecular complexity index is 422. The average Bonchev–Trinajstić information content (AvgIpc) is 2.32. The molecule has 0 heterocycles. The van der Waals surface area contributed by atoms with Crippen molar-refractivity contribution >= 4 is 24.0 Å². The molecule has 0 saturated heterocycles. The Morgan fingerprint density at radius 1 is 1.37 bits per heavy atom. The highest BCUT2D eigenvalue weighted by Gasteiger charge is 2.24. The topological polar surface area (TPSA) is 55.1 Å². The SMILES string of the molecule is Cc1cccc(NC(=O)CC2CCCCC2N)c1.Cl. The number of rotatable bonds is 3. The van der Waals surface area contributed by atoms with E-state index < -0.39 is 0 Å². The van der Waals surface area contributed by atoms with Gasteiger partial charge in [0.1, 0.15) is 0 Å². The van der Waals surface area contributed by atoms with Crippen LogP contribution in [-0.2, 0) is 4.79 Å². The summed E-state index contributed by atoms with van der Waals surface area (Å²) in [5.74, 6) is 0.437. The van der Waals surface area contributed by atoms with Crippen molar-refractivity contribution < 1.29 is 4.79 Å². The fourth-order valence-electron chi connectivity index (χ4n) is 2.66. The van der Waals surface area contributed by atoms with E-state index >= 15 is 0 Å². The predicted octanol–water partition coefficient (Wildman–Crippen LogP) is 3.26. The molecule has 1 aliphatic carbocycles. The van der Waals surface area contributed by atoms with Gasteiger partial charge in [0.25, 0.3) is 0 Å². The molecule has 1 fully saturated rings. The molecule has 3 N–H and O–H groups in total. The van der Waals surface area contributed by atoms with Gasteiger partial charge in [-0.3, -0.25) is 4.79 Å². The molecule has 0 spiro atoms. The maximum absolute atomic E-state index is 12.0. The summed E-state index contributed by atoms with van der Waals surface area (Å²) in [6.07, 6.45) is 5.10. The number of nitrogens with one attached hydrogen (secondary N) is 1. The molecule has 1 aromatic rings. The molecule has 4 heteroatoms. The van der Waals surface area contributed by atoms with Gasteiger partial charge < -0.3 is 11.1 Å². The summed E-state index contributed by atoms with van der Waals surface area (Å²) >= 11 is 0. The quantitative estimate of drug-likeness (QED) is 0.894. The van der Waals surface area contributed by atoms with E-state index in [9.17, 15) is 4.79 Å². The Morgan fingerprint density at radius 2 is 2.11 bits per heavy atom. The minimum atomic E-state index is 0. The fraction of sp³-hybridized carbons (Fsp3) is 0.533. The maximum Gasteiger partial charge on any atom is 0.224 e. The molecule has 0 radical (unpaired) electrons. The number of anilines is 1. The van der Waals surface area contributed by atoms with Crippen LogP contribution < -0.4 is 11.1 Å². The lowest BCUT2D eigenvalue weighted by Gasteiger charge is -2.27. The van der Waals surface area contributed by atoms with E-state index in [2.05, 4.69) is 5.32 Å². The van der Waals surface area contributed by atoms with Gasteiger partial charge in [-0.1, -0.05) is 25.0 Å². The van der Waals surface area contributed by atoms with Gasteiger partial charge in [-0.2, -0.15) is 0 Å². The largest absolute Gasteiger partial charge is 0.327 e. The Labute approximate surface area is 121 Å². The van der Waals surface area contributed by atoms with E-state index in [1.54, 1.807) is 0 Å². The van der Waals surface area contributed by atoms with E-state index in [1.807, 2.05) is 31.2 Å². The van der Waals surface area contributed by atoms with Gasteiger partial charge >= 0.3 is 0 Å². The van der Waals surface area contributed by atoms with Crippen LogP contribution in [0.2, 0.25) is 0 Å². The molecule has 1 aromatic carbocycles. The first kappa shape index (κ1) is 16.0. The molecule has 0 aromatic heterocycles. The average molecular weight is 283 g/mol. The predicted molar refractivity (Wildman–Crippen MR) is 81.6 cm³/mol. The highest BCUT2D eigenvalue weighted by atomic mass is 35.5. The lowest BCUT2D eigenvalue weighted by Crippen LogP contribution is -2.35. The van der Waals surface area contributed by atoms with Crippen LogP contribution in [0.1, 0.15) is 37.7 Å². The molecular weight excluding hydrogens is 260 g/mol. The minimum Gasteiger partial charge on any atom is -0.327 e. The van der Waals surface area contributed by atoms with E-state index in [1.165, 1.54) is 12.8 Å². The van der Waals surface area contributed by atoms with Crippen molar-refractivity contribution in [2.24, 2.45) is 11.7 Å². The summed E-state index contributed by atoms with van der Waals surface area (Å²) in [6, 6.07) is 8.08. The normalized spacial score (nSPS) is 22.4. The van der Waals surface area contributed by atoms with E-state index in [0.717, 1.165) is 24.1 Å². The van der Waals surface area contributed by atoms with Crippen LogP contribution in [0.15, 0.2) is 24.3 Å². The molecule has 1 amide bonds. The maximum atomic E-state index is 12.0. The van der Waals surface area contributed by atoms with E-state index in [-0.39, 0.29) is 24.4 Å². The summed E-state index contributed by atoms with van der Waals surface area (Å²) in [6.45, 7) is 2.02. The number of hydrogen-bond donors (Lipinski definition) is 2. The summed E-state index contributed by atoms with van der Waals surface area (Å²) < 4.78 is 0. The zero-order valence-corrected chi connectivity index (χ0v) is 12.2. The van der Waals surface area contributed by atoms with Crippen molar-refractivity contribution in [3.8, 4) is 0 Å². The third kappa shape index (κ3) is 4.84. The van der Waals surface area contributed by atoms with Crippen molar-refractivity contribution in [3.63, 3.8) is 0 Å². The summed E-state index contributed by atoms with van der Waals surface area (Å²) in [5.41, 5.74) is 8.10. The second kappa shape index (κ2) is 7.51. The third-order valence-electron chi connectivity index (χ3n) is 3.72. The van der Waals surface area contributed by atoms with Crippen LogP contribution in [0.4, 0.5) is 5.69 Å². The number of hydrogen-bond acceptors (Lipinski definition) is 2. The van der Waals surface area contributed by atoms with Crippen molar-refractivity contribution in [2.45, 2.75) is 45.1 Å². The first-order chi connectivity index (χ1) is 8.65. The molecule has 106 valence electrons. The Kier molecular flexibility index (Phi) is 6.32. The Hall–Kier alpha value is -1.06. The van der Waals surface area contributed by atoms with Gasteiger partial charge in [-0.05, 0) is 43.4 Å². The van der Waals surface area contributed by atoms with Gasteiger partial charge in [0.05, 0.1) is 0 Å². The molecule has 2 atom stereocenters. The van der Waals surface area contributed by atoms with Gasteiger partial charge in [-0.15, -0.1) is 12.4 Å². The summed E-state index contributed by atoms with van der Waals surface area (Å²) in [4.78, 5) is 12.0. The zero-order chi connectivity index (χ0) is 13.0. The highest BCUT2D eigenvalue weighted by Crippen LogP contribution is 2.26. The Balaban J connectivity index is 0.00000180. The molecule has 0 aliphatic heterocycles. The first-order valence-electron chi connectivity index (χ1n) is 6.77. The van der Waals surface area contributed by atoms with Crippen molar-refractivity contribution in [1.82, 2.24) is 0 Å². The van der Waals surface area contributed by atoms with Gasteiger partial charge in [0.15, 0.2) is 0 Å². The Morgan fingerprint density at radius 3 is 2.79 bits per heavy atom. The number of amides is 1. The molecular formula is C15H23ClN2O. The van der Waals surface area contributed by atoms with Gasteiger partial charge in [-0.25, -0.2) is 0 Å². The monoisotopic (exact) mass is 282 g/mol. The molecule has 1 aliphatic rings. The van der Waals surface area contributed by atoms with Crippen LogP contribution in [-0.4, -0.2) is 11.9 Å². The summed E-state index contributed by atoms with van der Waals surface area (Å²) in [7, 11) is 0. The zero-order valence-electron chi connectivity index (χ0n) is 11.4. The van der Waals surface area contributed by atoms with E-state index in [0.29, 0.717) is 12.3 Å². The molecule has 1 saturated carbocycles. The molecule has 0 bridgehead atoms. The van der Waals surface area contributed by atoms with Gasteiger partial charge in [0.2, 0.25) is 5.91 Å². The second-order valence-electron chi connectivity index (χ2n) is 5.33. The van der Waals surface area contributed by atoms with Crippen molar-refractivity contribution in [1.29, 1.82) is 0 Å². The molecule has 3 nitrogen and oxygen atoms in total. The van der Waals surface area contributed by atoms with Crippen molar-refractivity contribution in [3.05, 3.63) is 29.8 Å². The van der Waals surface area contributed by atoms with Crippen LogP contribution in [0, 0.1) is 12.8 Å². The third-order valence-corrected chi connectivity index (χ3v) is 3.72. The highest BCUT2D eigenvalue weighted by molar-refractivity contribution is 5.90. The lowest BCUT2D eigenvalue weighted by molar-refractivity contribution is -0.117. The number of aryl methyl sites for hydroxylation is 1. The molecule has 2 rings (SSSR count). The fourth-order valence-corrected chi connectivity index (χ4v) is 2.66.